The molecule has 0 saturated heterocycles. The molecule has 0 aromatic heterocycles. The topological polar surface area (TPSA) is 27.7 Å². The Morgan fingerprint density at radius 3 is 2.06 bits per heavy atom. The van der Waals surface area contributed by atoms with Gasteiger partial charge in [0.15, 0.2) is 0 Å². The molecule has 0 bridgehead atoms. The minimum absolute atomic E-state index is 0.403. The molecule has 3 heteroatoms. The minimum Gasteiger partial charge on any atom is -0.491 e. The van der Waals surface area contributed by atoms with E-state index < -0.39 is 6.29 Å². The Labute approximate surface area is 209 Å². The van der Waals surface area contributed by atoms with E-state index in [4.69, 9.17) is 14.2 Å². The Morgan fingerprint density at radius 1 is 0.686 bits per heavy atom. The summed E-state index contributed by atoms with van der Waals surface area (Å²) >= 11 is 0. The molecule has 0 aliphatic rings. The van der Waals surface area contributed by atoms with Crippen molar-refractivity contribution < 1.29 is 14.2 Å². The lowest BCUT2D eigenvalue weighted by molar-refractivity contribution is -0.0856. The molecule has 0 radical (unpaired) electrons. The molecule has 2 atom stereocenters. The predicted octanol–water partition coefficient (Wildman–Crippen LogP) is 7.91. The van der Waals surface area contributed by atoms with E-state index >= 15 is 0 Å². The molecular formula is C32H34O3. The summed E-state index contributed by atoms with van der Waals surface area (Å²) in [7, 11) is 0. The molecule has 4 aromatic carbocycles. The number of ether oxygens (including phenoxy) is 3. The SMILES string of the molecule is CCC(C)c1ccc(OC(Cc2ccccc2)OCCOc2ccccc2-c2ccccc2)cc1. The van der Waals surface area contributed by atoms with Gasteiger partial charge in [0, 0.05) is 12.0 Å². The fraction of sp³-hybridized carbons (Fsp3) is 0.250. The molecule has 0 saturated carbocycles. The molecule has 35 heavy (non-hydrogen) atoms. The maximum Gasteiger partial charge on any atom is 0.204 e. The number of benzene rings is 4. The first-order valence-electron chi connectivity index (χ1n) is 12.4. The van der Waals surface area contributed by atoms with Gasteiger partial charge in [-0.15, -0.1) is 0 Å². The fourth-order valence-corrected chi connectivity index (χ4v) is 3.98. The average Bonchev–Trinajstić information content (AvgIpc) is 2.92. The van der Waals surface area contributed by atoms with Crippen molar-refractivity contribution in [1.29, 1.82) is 0 Å². The molecule has 0 aliphatic carbocycles. The molecule has 2 unspecified atom stereocenters. The van der Waals surface area contributed by atoms with Crippen molar-refractivity contribution in [3.63, 3.8) is 0 Å². The lowest BCUT2D eigenvalue weighted by Crippen LogP contribution is -2.26. The van der Waals surface area contributed by atoms with Gasteiger partial charge in [-0.1, -0.05) is 105 Å². The van der Waals surface area contributed by atoms with E-state index in [1.165, 1.54) is 11.1 Å². The standard InChI is InChI=1S/C32H34O3/c1-3-25(2)27-18-20-29(21-19-27)35-32(24-26-12-6-4-7-13-26)34-23-22-33-31-17-11-10-16-30(31)28-14-8-5-9-15-28/h4-21,25,32H,3,22-24H2,1-2H3. The van der Waals surface area contributed by atoms with Crippen LogP contribution in [-0.2, 0) is 11.2 Å². The lowest BCUT2D eigenvalue weighted by Gasteiger charge is -2.21. The summed E-state index contributed by atoms with van der Waals surface area (Å²) in [5, 5.41) is 0. The molecule has 3 nitrogen and oxygen atoms in total. The largest absolute Gasteiger partial charge is 0.491 e. The summed E-state index contributed by atoms with van der Waals surface area (Å²) in [5.74, 6) is 2.20. The summed E-state index contributed by atoms with van der Waals surface area (Å²) in [6, 6.07) is 37.0. The second-order valence-electron chi connectivity index (χ2n) is 8.70. The molecule has 0 fully saturated rings. The number of rotatable bonds is 12. The highest BCUT2D eigenvalue weighted by Gasteiger charge is 2.14. The van der Waals surface area contributed by atoms with E-state index in [1.807, 2.05) is 66.7 Å². The van der Waals surface area contributed by atoms with Crippen LogP contribution in [0, 0.1) is 0 Å². The van der Waals surface area contributed by atoms with Gasteiger partial charge in [0.05, 0.1) is 6.61 Å². The van der Waals surface area contributed by atoms with Crippen LogP contribution in [0.4, 0.5) is 0 Å². The molecule has 0 spiro atoms. The summed E-state index contributed by atoms with van der Waals surface area (Å²) < 4.78 is 18.5. The van der Waals surface area contributed by atoms with Gasteiger partial charge in [-0.05, 0) is 47.2 Å². The summed E-state index contributed by atoms with van der Waals surface area (Å²) in [4.78, 5) is 0. The summed E-state index contributed by atoms with van der Waals surface area (Å²) in [5.41, 5.74) is 4.71. The Balaban J connectivity index is 1.38. The molecule has 180 valence electrons. The van der Waals surface area contributed by atoms with E-state index in [0.717, 1.165) is 29.0 Å². The highest BCUT2D eigenvalue weighted by molar-refractivity contribution is 5.70. The van der Waals surface area contributed by atoms with Crippen LogP contribution in [0.25, 0.3) is 11.1 Å². The molecule has 0 aliphatic heterocycles. The van der Waals surface area contributed by atoms with E-state index in [0.29, 0.717) is 25.6 Å². The van der Waals surface area contributed by atoms with Crippen LogP contribution in [0.1, 0.15) is 37.3 Å². The maximum absolute atomic E-state index is 6.25. The van der Waals surface area contributed by atoms with Crippen molar-refractivity contribution in [2.45, 2.75) is 38.9 Å². The smallest absolute Gasteiger partial charge is 0.204 e. The lowest BCUT2D eigenvalue weighted by atomic mass is 9.99. The normalized spacial score (nSPS) is 12.6. The number of hydrogen-bond donors (Lipinski definition) is 0. The molecular weight excluding hydrogens is 432 g/mol. The van der Waals surface area contributed by atoms with Crippen molar-refractivity contribution in [1.82, 2.24) is 0 Å². The maximum atomic E-state index is 6.25. The Morgan fingerprint density at radius 2 is 1.34 bits per heavy atom. The second-order valence-corrected chi connectivity index (χ2v) is 8.70. The van der Waals surface area contributed by atoms with E-state index in [-0.39, 0.29) is 0 Å². The van der Waals surface area contributed by atoms with Crippen molar-refractivity contribution >= 4 is 0 Å². The number of para-hydroxylation sites is 1. The van der Waals surface area contributed by atoms with Crippen molar-refractivity contribution in [3.8, 4) is 22.6 Å². The first-order valence-corrected chi connectivity index (χ1v) is 12.4. The van der Waals surface area contributed by atoms with Gasteiger partial charge < -0.3 is 14.2 Å². The monoisotopic (exact) mass is 466 g/mol. The van der Waals surface area contributed by atoms with Gasteiger partial charge in [-0.2, -0.15) is 0 Å². The van der Waals surface area contributed by atoms with E-state index in [2.05, 4.69) is 56.3 Å². The van der Waals surface area contributed by atoms with Crippen LogP contribution in [-0.4, -0.2) is 19.5 Å². The third kappa shape index (κ3) is 7.21. The predicted molar refractivity (Wildman–Crippen MR) is 143 cm³/mol. The average molecular weight is 467 g/mol. The van der Waals surface area contributed by atoms with Crippen molar-refractivity contribution in [2.24, 2.45) is 0 Å². The molecule has 0 N–H and O–H groups in total. The third-order valence-electron chi connectivity index (χ3n) is 6.19. The Kier molecular flexibility index (Phi) is 8.97. The highest BCUT2D eigenvalue weighted by atomic mass is 16.7. The van der Waals surface area contributed by atoms with Crippen LogP contribution in [0.15, 0.2) is 109 Å². The van der Waals surface area contributed by atoms with Crippen LogP contribution < -0.4 is 9.47 Å². The molecule has 0 heterocycles. The number of hydrogen-bond acceptors (Lipinski definition) is 3. The third-order valence-corrected chi connectivity index (χ3v) is 6.19. The zero-order valence-electron chi connectivity index (χ0n) is 20.6. The fourth-order valence-electron chi connectivity index (χ4n) is 3.98. The van der Waals surface area contributed by atoms with Crippen LogP contribution in [0.3, 0.4) is 0 Å². The zero-order chi connectivity index (χ0) is 24.3. The quantitative estimate of drug-likeness (QED) is 0.157. The summed E-state index contributed by atoms with van der Waals surface area (Å²) in [6.45, 7) is 5.31. The van der Waals surface area contributed by atoms with E-state index in [1.54, 1.807) is 0 Å². The van der Waals surface area contributed by atoms with Gasteiger partial charge in [-0.25, -0.2) is 0 Å². The highest BCUT2D eigenvalue weighted by Crippen LogP contribution is 2.29. The van der Waals surface area contributed by atoms with Gasteiger partial charge in [-0.3, -0.25) is 0 Å². The Bertz CT molecular complexity index is 1140. The van der Waals surface area contributed by atoms with Gasteiger partial charge in [0.1, 0.15) is 18.1 Å². The second kappa shape index (κ2) is 12.8. The van der Waals surface area contributed by atoms with Gasteiger partial charge >= 0.3 is 0 Å². The van der Waals surface area contributed by atoms with Crippen LogP contribution >= 0.6 is 0 Å². The van der Waals surface area contributed by atoms with Crippen molar-refractivity contribution in [3.05, 3.63) is 120 Å². The van der Waals surface area contributed by atoms with Gasteiger partial charge in [0.25, 0.3) is 0 Å². The summed E-state index contributed by atoms with van der Waals surface area (Å²) in [6.07, 6.45) is 1.38. The molecule has 0 amide bonds. The van der Waals surface area contributed by atoms with Crippen molar-refractivity contribution in [2.75, 3.05) is 13.2 Å². The van der Waals surface area contributed by atoms with E-state index in [9.17, 15) is 0 Å². The van der Waals surface area contributed by atoms with Crippen LogP contribution in [0.5, 0.6) is 11.5 Å². The van der Waals surface area contributed by atoms with Gasteiger partial charge in [0.2, 0.25) is 6.29 Å². The Hall–Kier alpha value is -3.56. The first kappa shape index (κ1) is 24.6. The first-order chi connectivity index (χ1) is 17.2. The van der Waals surface area contributed by atoms with Crippen LogP contribution in [0.2, 0.25) is 0 Å². The molecule has 4 aromatic rings. The zero-order valence-corrected chi connectivity index (χ0v) is 20.6. The molecule has 4 rings (SSSR count). The minimum atomic E-state index is -0.403.